The van der Waals surface area contributed by atoms with Gasteiger partial charge in [-0.2, -0.15) is 5.26 Å². The van der Waals surface area contributed by atoms with Gasteiger partial charge in [-0.25, -0.2) is 9.37 Å². The predicted molar refractivity (Wildman–Crippen MR) is 93.6 cm³/mol. The van der Waals surface area contributed by atoms with Gasteiger partial charge >= 0.3 is 0 Å². The van der Waals surface area contributed by atoms with E-state index in [0.717, 1.165) is 5.56 Å². The molecule has 0 radical (unpaired) electrons. The lowest BCUT2D eigenvalue weighted by Crippen LogP contribution is -2.24. The van der Waals surface area contributed by atoms with Crippen LogP contribution in [0.5, 0.6) is 0 Å². The summed E-state index contributed by atoms with van der Waals surface area (Å²) in [5.74, 6) is -0.686. The van der Waals surface area contributed by atoms with Gasteiger partial charge in [0, 0.05) is 11.6 Å². The fraction of sp³-hybridized carbons (Fsp3) is 0.222. The van der Waals surface area contributed by atoms with E-state index in [1.165, 1.54) is 16.7 Å². The molecule has 0 saturated heterocycles. The monoisotopic (exact) mass is 356 g/mol. The van der Waals surface area contributed by atoms with Crippen LogP contribution < -0.4 is 5.56 Å². The summed E-state index contributed by atoms with van der Waals surface area (Å²) in [6, 6.07) is 6.12. The van der Waals surface area contributed by atoms with E-state index >= 15 is 0 Å². The highest BCUT2D eigenvalue weighted by Gasteiger charge is 2.20. The molecule has 7 heteroatoms. The van der Waals surface area contributed by atoms with E-state index in [2.05, 4.69) is 9.97 Å². The second-order valence-corrected chi connectivity index (χ2v) is 6.36. The molecule has 0 atom stereocenters. The Labute approximate surface area is 148 Å². The van der Waals surface area contributed by atoms with Gasteiger partial charge in [-0.1, -0.05) is 25.4 Å². The zero-order valence-corrected chi connectivity index (χ0v) is 14.6. The molecule has 0 bridgehead atoms. The van der Waals surface area contributed by atoms with Crippen molar-refractivity contribution in [2.75, 3.05) is 0 Å². The summed E-state index contributed by atoms with van der Waals surface area (Å²) < 4.78 is 15.1. The Balaban J connectivity index is 2.58. The molecule has 3 aromatic rings. The summed E-state index contributed by atoms with van der Waals surface area (Å²) in [7, 11) is 0. The highest BCUT2D eigenvalue weighted by molar-refractivity contribution is 6.29. The van der Waals surface area contributed by atoms with Crippen LogP contribution in [0.2, 0.25) is 5.15 Å². The Morgan fingerprint density at radius 2 is 2.08 bits per heavy atom. The van der Waals surface area contributed by atoms with E-state index in [1.807, 2.05) is 26.8 Å². The van der Waals surface area contributed by atoms with E-state index in [1.54, 1.807) is 12.3 Å². The maximum absolute atomic E-state index is 13.8. The number of nitrogens with zero attached hydrogens (tertiary/aromatic N) is 4. The molecule has 0 aliphatic heterocycles. The van der Waals surface area contributed by atoms with Gasteiger partial charge in [0.25, 0.3) is 5.56 Å². The standard InChI is InChI=1S/C18H14ClFN4O/c1-9(2)14-15(10(3)4-5-22-14)24-17-11(6-12(8-21)18(24)25)7-13(20)16(19)23-17/h4-7,9H,1-3H3. The van der Waals surface area contributed by atoms with Crippen LogP contribution in [0.1, 0.15) is 36.6 Å². The second kappa shape index (κ2) is 6.26. The molecule has 0 fully saturated rings. The zero-order valence-electron chi connectivity index (χ0n) is 13.8. The van der Waals surface area contributed by atoms with Gasteiger partial charge in [-0.3, -0.25) is 14.3 Å². The van der Waals surface area contributed by atoms with Gasteiger partial charge in [0.1, 0.15) is 17.3 Å². The molecular weight excluding hydrogens is 343 g/mol. The fourth-order valence-electron chi connectivity index (χ4n) is 2.76. The fourth-order valence-corrected chi connectivity index (χ4v) is 2.90. The number of hydrogen-bond acceptors (Lipinski definition) is 4. The number of aryl methyl sites for hydroxylation is 1. The molecule has 0 aliphatic rings. The topological polar surface area (TPSA) is 71.6 Å². The number of halogens is 2. The average Bonchev–Trinajstić information content (AvgIpc) is 2.56. The third kappa shape index (κ3) is 2.77. The Hall–Kier alpha value is -2.78. The number of aromatic nitrogens is 3. The van der Waals surface area contributed by atoms with Gasteiger partial charge in [0.15, 0.2) is 11.0 Å². The third-order valence-corrected chi connectivity index (χ3v) is 4.20. The SMILES string of the molecule is Cc1ccnc(C(C)C)c1-n1c(=O)c(C#N)cc2cc(F)c(Cl)nc21. The van der Waals surface area contributed by atoms with E-state index < -0.39 is 11.4 Å². The Morgan fingerprint density at radius 1 is 1.36 bits per heavy atom. The molecule has 0 unspecified atom stereocenters. The Kier molecular flexibility index (Phi) is 4.27. The van der Waals surface area contributed by atoms with Crippen LogP contribution >= 0.6 is 11.6 Å². The minimum atomic E-state index is -0.713. The van der Waals surface area contributed by atoms with Gasteiger partial charge in [-0.05, 0) is 36.6 Å². The van der Waals surface area contributed by atoms with Crippen molar-refractivity contribution in [2.45, 2.75) is 26.7 Å². The van der Waals surface area contributed by atoms with Crippen LogP contribution in [-0.4, -0.2) is 14.5 Å². The van der Waals surface area contributed by atoms with Crippen molar-refractivity contribution in [3.8, 4) is 11.8 Å². The van der Waals surface area contributed by atoms with E-state index in [-0.39, 0.29) is 22.3 Å². The summed E-state index contributed by atoms with van der Waals surface area (Å²) >= 11 is 5.83. The van der Waals surface area contributed by atoms with Crippen molar-refractivity contribution in [1.29, 1.82) is 5.26 Å². The molecule has 3 aromatic heterocycles. The first-order valence-corrected chi connectivity index (χ1v) is 8.00. The maximum Gasteiger partial charge on any atom is 0.274 e. The molecule has 25 heavy (non-hydrogen) atoms. The molecule has 3 heterocycles. The van der Waals surface area contributed by atoms with Gasteiger partial charge in [0.05, 0.1) is 11.4 Å². The van der Waals surface area contributed by atoms with Crippen molar-refractivity contribution in [3.05, 3.63) is 62.5 Å². The molecule has 0 spiro atoms. The lowest BCUT2D eigenvalue weighted by molar-refractivity contribution is 0.624. The number of hydrogen-bond donors (Lipinski definition) is 0. The van der Waals surface area contributed by atoms with Crippen LogP contribution in [0, 0.1) is 24.1 Å². The van der Waals surface area contributed by atoms with Crippen molar-refractivity contribution in [1.82, 2.24) is 14.5 Å². The third-order valence-electron chi connectivity index (χ3n) is 3.93. The highest BCUT2D eigenvalue weighted by atomic mass is 35.5. The minimum absolute atomic E-state index is 0.0264. The average molecular weight is 357 g/mol. The van der Waals surface area contributed by atoms with Crippen LogP contribution in [0.15, 0.2) is 29.2 Å². The molecule has 0 saturated carbocycles. The van der Waals surface area contributed by atoms with Crippen LogP contribution in [-0.2, 0) is 0 Å². The van der Waals surface area contributed by atoms with Crippen LogP contribution in [0.3, 0.4) is 0 Å². The molecule has 0 amide bonds. The first kappa shape index (κ1) is 17.1. The zero-order chi connectivity index (χ0) is 18.3. The molecule has 126 valence electrons. The molecule has 0 aromatic carbocycles. The molecule has 3 rings (SSSR count). The van der Waals surface area contributed by atoms with Gasteiger partial charge in [-0.15, -0.1) is 0 Å². The summed E-state index contributed by atoms with van der Waals surface area (Å²) in [6.45, 7) is 5.74. The Bertz CT molecular complexity index is 1100. The number of pyridine rings is 3. The van der Waals surface area contributed by atoms with Crippen molar-refractivity contribution in [3.63, 3.8) is 0 Å². The molecule has 0 N–H and O–H groups in total. The van der Waals surface area contributed by atoms with E-state index in [9.17, 15) is 14.4 Å². The lowest BCUT2D eigenvalue weighted by Gasteiger charge is -2.18. The quantitative estimate of drug-likeness (QED) is 0.653. The summed E-state index contributed by atoms with van der Waals surface area (Å²) in [4.78, 5) is 21.3. The minimum Gasteiger partial charge on any atom is -0.267 e. The molecular formula is C18H14ClFN4O. The molecule has 5 nitrogen and oxygen atoms in total. The van der Waals surface area contributed by atoms with Gasteiger partial charge < -0.3 is 0 Å². The first-order valence-electron chi connectivity index (χ1n) is 7.63. The van der Waals surface area contributed by atoms with Crippen LogP contribution in [0.4, 0.5) is 4.39 Å². The Morgan fingerprint density at radius 3 is 2.72 bits per heavy atom. The van der Waals surface area contributed by atoms with Crippen LogP contribution in [0.25, 0.3) is 16.7 Å². The number of nitriles is 1. The van der Waals surface area contributed by atoms with E-state index in [4.69, 9.17) is 11.6 Å². The largest absolute Gasteiger partial charge is 0.274 e. The predicted octanol–water partition coefficient (Wildman–Crippen LogP) is 3.88. The number of rotatable bonds is 2. The summed E-state index contributed by atoms with van der Waals surface area (Å²) in [6.07, 6.45) is 1.66. The second-order valence-electron chi connectivity index (χ2n) is 6.00. The summed E-state index contributed by atoms with van der Waals surface area (Å²) in [5.41, 5.74) is 1.56. The van der Waals surface area contributed by atoms with E-state index in [0.29, 0.717) is 16.8 Å². The van der Waals surface area contributed by atoms with Gasteiger partial charge in [0.2, 0.25) is 0 Å². The number of fused-ring (bicyclic) bond motifs is 1. The van der Waals surface area contributed by atoms with Crippen molar-refractivity contribution < 1.29 is 4.39 Å². The maximum atomic E-state index is 13.8. The first-order chi connectivity index (χ1) is 11.8. The normalized spacial score (nSPS) is 11.1. The summed E-state index contributed by atoms with van der Waals surface area (Å²) in [5, 5.41) is 9.28. The lowest BCUT2D eigenvalue weighted by atomic mass is 10.0. The van der Waals surface area contributed by atoms with Crippen molar-refractivity contribution >= 4 is 22.6 Å². The smallest absolute Gasteiger partial charge is 0.267 e. The highest BCUT2D eigenvalue weighted by Crippen LogP contribution is 2.27. The molecule has 0 aliphatic carbocycles. The van der Waals surface area contributed by atoms with Crippen molar-refractivity contribution in [2.24, 2.45) is 0 Å².